The quantitative estimate of drug-likeness (QED) is 0.606. The van der Waals surface area contributed by atoms with Gasteiger partial charge in [0.1, 0.15) is 0 Å². The van der Waals surface area contributed by atoms with Crippen molar-refractivity contribution in [3.63, 3.8) is 0 Å². The molecule has 7 heteroatoms. The normalized spacial score (nSPS) is 24.5. The number of nitrogens with zero attached hydrogens (tertiary/aromatic N) is 3. The van der Waals surface area contributed by atoms with E-state index in [1.165, 1.54) is 7.05 Å². The molecule has 0 bridgehead atoms. The summed E-state index contributed by atoms with van der Waals surface area (Å²) in [6.45, 7) is 3.18. The van der Waals surface area contributed by atoms with Crippen molar-refractivity contribution in [2.24, 2.45) is 0 Å². The monoisotopic (exact) mass is 268 g/mol. The predicted molar refractivity (Wildman–Crippen MR) is 68.3 cm³/mol. The molecule has 0 radical (unpaired) electrons. The second kappa shape index (κ2) is 5.66. The molecule has 0 aromatic heterocycles. The Morgan fingerprint density at radius 2 is 2.00 bits per heavy atom. The van der Waals surface area contributed by atoms with Gasteiger partial charge in [-0.25, -0.2) is 0 Å². The molecule has 2 rings (SSSR count). The molecule has 2 saturated heterocycles. The number of likely N-dealkylation sites (tertiary alicyclic amines) is 1. The Kier molecular flexibility index (Phi) is 4.16. The third-order valence-electron chi connectivity index (χ3n) is 3.74. The van der Waals surface area contributed by atoms with Crippen LogP contribution in [-0.4, -0.2) is 85.3 Å². The number of nitrogens with one attached hydrogen (secondary N) is 1. The fraction of sp³-hybridized carbons (Fsp3) is 0.750. The van der Waals surface area contributed by atoms with Crippen LogP contribution in [0.1, 0.15) is 6.42 Å². The fourth-order valence-corrected chi connectivity index (χ4v) is 2.42. The summed E-state index contributed by atoms with van der Waals surface area (Å²) in [5, 5.41) is 3.18. The summed E-state index contributed by atoms with van der Waals surface area (Å²) in [6, 6.07) is -0.496. The Morgan fingerprint density at radius 3 is 2.53 bits per heavy atom. The number of amides is 3. The van der Waals surface area contributed by atoms with Crippen LogP contribution in [0.25, 0.3) is 0 Å². The first-order chi connectivity index (χ1) is 9.00. The topological polar surface area (TPSA) is 73.0 Å². The van der Waals surface area contributed by atoms with E-state index >= 15 is 0 Å². The smallest absolute Gasteiger partial charge is 0.246 e. The SMILES string of the molecule is CN1C(=O)CC(N(C)CC(=O)N2CCNCC2)C1=O. The predicted octanol–water partition coefficient (Wildman–Crippen LogP) is -1.89. The van der Waals surface area contributed by atoms with Crippen LogP contribution in [0.4, 0.5) is 0 Å². The summed E-state index contributed by atoms with van der Waals surface area (Å²) >= 11 is 0. The van der Waals surface area contributed by atoms with Crippen molar-refractivity contribution < 1.29 is 14.4 Å². The lowest BCUT2D eigenvalue weighted by molar-refractivity contribution is -0.138. The van der Waals surface area contributed by atoms with E-state index < -0.39 is 6.04 Å². The molecule has 19 heavy (non-hydrogen) atoms. The molecule has 0 saturated carbocycles. The Balaban J connectivity index is 1.90. The number of rotatable bonds is 3. The summed E-state index contributed by atoms with van der Waals surface area (Å²) < 4.78 is 0. The maximum absolute atomic E-state index is 12.1. The molecular formula is C12H20N4O3. The highest BCUT2D eigenvalue weighted by Gasteiger charge is 2.39. The van der Waals surface area contributed by atoms with Crippen molar-refractivity contribution in [2.75, 3.05) is 46.8 Å². The summed E-state index contributed by atoms with van der Waals surface area (Å²) in [4.78, 5) is 40.0. The molecule has 0 aromatic rings. The summed E-state index contributed by atoms with van der Waals surface area (Å²) in [5.74, 6) is -0.393. The highest BCUT2D eigenvalue weighted by atomic mass is 16.2. The minimum atomic E-state index is -0.496. The van der Waals surface area contributed by atoms with Gasteiger partial charge in [-0.2, -0.15) is 0 Å². The molecule has 1 unspecified atom stereocenters. The molecule has 0 aromatic carbocycles. The summed E-state index contributed by atoms with van der Waals surface area (Å²) in [6.07, 6.45) is 0.167. The van der Waals surface area contributed by atoms with E-state index in [9.17, 15) is 14.4 Å². The number of hydrogen-bond donors (Lipinski definition) is 1. The van der Waals surface area contributed by atoms with Crippen molar-refractivity contribution in [3.05, 3.63) is 0 Å². The molecule has 7 nitrogen and oxygen atoms in total. The van der Waals surface area contributed by atoms with Crippen molar-refractivity contribution in [2.45, 2.75) is 12.5 Å². The average molecular weight is 268 g/mol. The average Bonchev–Trinajstić information content (AvgIpc) is 2.67. The lowest BCUT2D eigenvalue weighted by atomic mass is 10.2. The maximum atomic E-state index is 12.1. The van der Waals surface area contributed by atoms with Crippen molar-refractivity contribution in [3.8, 4) is 0 Å². The maximum Gasteiger partial charge on any atom is 0.246 e. The van der Waals surface area contributed by atoms with E-state index in [1.54, 1.807) is 16.8 Å². The number of imide groups is 1. The van der Waals surface area contributed by atoms with Crippen molar-refractivity contribution >= 4 is 17.7 Å². The zero-order valence-corrected chi connectivity index (χ0v) is 11.4. The van der Waals surface area contributed by atoms with Gasteiger partial charge in [0.25, 0.3) is 0 Å². The minimum absolute atomic E-state index is 0.0128. The van der Waals surface area contributed by atoms with Crippen LogP contribution in [0.15, 0.2) is 0 Å². The Bertz CT molecular complexity index is 392. The first kappa shape index (κ1) is 14.0. The zero-order valence-electron chi connectivity index (χ0n) is 11.4. The molecule has 2 aliphatic rings. The van der Waals surface area contributed by atoms with E-state index in [1.807, 2.05) is 0 Å². The largest absolute Gasteiger partial charge is 0.339 e. The van der Waals surface area contributed by atoms with Gasteiger partial charge in [-0.1, -0.05) is 0 Å². The van der Waals surface area contributed by atoms with Crippen LogP contribution in [0.2, 0.25) is 0 Å². The molecule has 3 amide bonds. The number of carbonyl (C=O) groups is 3. The van der Waals surface area contributed by atoms with Crippen LogP contribution in [0.3, 0.4) is 0 Å². The van der Waals surface area contributed by atoms with Gasteiger partial charge in [-0.15, -0.1) is 0 Å². The molecule has 1 N–H and O–H groups in total. The lowest BCUT2D eigenvalue weighted by Crippen LogP contribution is -2.51. The summed E-state index contributed by atoms with van der Waals surface area (Å²) in [5.41, 5.74) is 0. The van der Waals surface area contributed by atoms with E-state index in [4.69, 9.17) is 0 Å². The van der Waals surface area contributed by atoms with Gasteiger partial charge in [0.05, 0.1) is 19.0 Å². The number of likely N-dealkylation sites (N-methyl/N-ethyl adjacent to an activating group) is 2. The van der Waals surface area contributed by atoms with Crippen LogP contribution in [0, 0.1) is 0 Å². The van der Waals surface area contributed by atoms with E-state index in [-0.39, 0.29) is 30.7 Å². The van der Waals surface area contributed by atoms with Gasteiger partial charge in [0, 0.05) is 33.2 Å². The zero-order chi connectivity index (χ0) is 14.0. The molecule has 0 spiro atoms. The third-order valence-corrected chi connectivity index (χ3v) is 3.74. The van der Waals surface area contributed by atoms with Gasteiger partial charge in [-0.05, 0) is 7.05 Å². The highest BCUT2D eigenvalue weighted by molar-refractivity contribution is 6.05. The Morgan fingerprint density at radius 1 is 1.37 bits per heavy atom. The van der Waals surface area contributed by atoms with Crippen LogP contribution >= 0.6 is 0 Å². The second-order valence-corrected chi connectivity index (χ2v) is 5.06. The molecule has 2 aliphatic heterocycles. The first-order valence-electron chi connectivity index (χ1n) is 6.50. The van der Waals surface area contributed by atoms with Crippen molar-refractivity contribution in [1.82, 2.24) is 20.0 Å². The highest BCUT2D eigenvalue weighted by Crippen LogP contribution is 2.15. The van der Waals surface area contributed by atoms with Crippen LogP contribution in [-0.2, 0) is 14.4 Å². The van der Waals surface area contributed by atoms with E-state index in [2.05, 4.69) is 5.32 Å². The van der Waals surface area contributed by atoms with Gasteiger partial charge in [0.15, 0.2) is 0 Å². The van der Waals surface area contributed by atoms with Crippen LogP contribution in [0.5, 0.6) is 0 Å². The first-order valence-corrected chi connectivity index (χ1v) is 6.50. The van der Waals surface area contributed by atoms with Gasteiger partial charge in [0.2, 0.25) is 17.7 Å². The number of hydrogen-bond acceptors (Lipinski definition) is 5. The molecule has 2 heterocycles. The fourth-order valence-electron chi connectivity index (χ4n) is 2.42. The van der Waals surface area contributed by atoms with Gasteiger partial charge in [-0.3, -0.25) is 24.2 Å². The van der Waals surface area contributed by atoms with E-state index in [0.717, 1.165) is 18.0 Å². The standard InChI is InChI=1S/C12H20N4O3/c1-14(9-7-10(17)15(2)12(9)19)8-11(18)16-5-3-13-4-6-16/h9,13H,3-8H2,1-2H3. The van der Waals surface area contributed by atoms with Crippen molar-refractivity contribution in [1.29, 1.82) is 0 Å². The van der Waals surface area contributed by atoms with Gasteiger partial charge >= 0.3 is 0 Å². The number of carbonyl (C=O) groups excluding carboxylic acids is 3. The van der Waals surface area contributed by atoms with Gasteiger partial charge < -0.3 is 10.2 Å². The molecular weight excluding hydrogens is 248 g/mol. The Hall–Kier alpha value is -1.47. The summed E-state index contributed by atoms with van der Waals surface area (Å²) in [7, 11) is 3.20. The van der Waals surface area contributed by atoms with Crippen LogP contribution < -0.4 is 5.32 Å². The molecule has 1 atom stereocenters. The van der Waals surface area contributed by atoms with E-state index in [0.29, 0.717) is 13.1 Å². The third kappa shape index (κ3) is 2.93. The molecule has 106 valence electrons. The molecule has 2 fully saturated rings. The molecule has 0 aliphatic carbocycles. The number of piperazine rings is 1. The second-order valence-electron chi connectivity index (χ2n) is 5.06. The Labute approximate surface area is 112 Å². The lowest BCUT2D eigenvalue weighted by Gasteiger charge is -2.30. The minimum Gasteiger partial charge on any atom is -0.339 e.